The second kappa shape index (κ2) is 4.61. The van der Waals surface area contributed by atoms with Gasteiger partial charge < -0.3 is 0 Å². The lowest BCUT2D eigenvalue weighted by molar-refractivity contribution is 0.616. The highest BCUT2D eigenvalue weighted by atomic mass is 35.5. The van der Waals surface area contributed by atoms with Crippen molar-refractivity contribution < 1.29 is 4.39 Å². The third-order valence-corrected chi connectivity index (χ3v) is 2.69. The van der Waals surface area contributed by atoms with Crippen LogP contribution in [0.15, 0.2) is 18.2 Å². The fourth-order valence-electron chi connectivity index (χ4n) is 1.53. The Morgan fingerprint density at radius 2 is 1.92 bits per heavy atom. The predicted octanol–water partition coefficient (Wildman–Crippen LogP) is 4.38. The van der Waals surface area contributed by atoms with Crippen molar-refractivity contribution in [2.45, 2.75) is 32.6 Å². The van der Waals surface area contributed by atoms with Crippen LogP contribution in [0.3, 0.4) is 0 Å². The van der Waals surface area contributed by atoms with Gasteiger partial charge in [-0.15, -0.1) is 0 Å². The smallest absolute Gasteiger partial charge is 0.141 e. The van der Waals surface area contributed by atoms with E-state index in [1.165, 1.54) is 6.07 Å². The molecular formula is C11H14ClF. The van der Waals surface area contributed by atoms with Gasteiger partial charge in [-0.2, -0.15) is 0 Å². The first kappa shape index (κ1) is 10.5. The molecule has 0 aliphatic carbocycles. The van der Waals surface area contributed by atoms with Crippen molar-refractivity contribution in [3.63, 3.8) is 0 Å². The van der Waals surface area contributed by atoms with Crippen molar-refractivity contribution in [1.29, 1.82) is 0 Å². The number of halogens is 2. The molecule has 0 aromatic heterocycles. The standard InChI is InChI=1S/C11H14ClF/c1-3-8(4-2)9-5-6-11(13)10(12)7-9/h5-8H,3-4H2,1-2H3. The van der Waals surface area contributed by atoms with Crippen LogP contribution in [-0.4, -0.2) is 0 Å². The van der Waals surface area contributed by atoms with Gasteiger partial charge in [0.25, 0.3) is 0 Å². The van der Waals surface area contributed by atoms with E-state index in [2.05, 4.69) is 13.8 Å². The molecule has 0 fully saturated rings. The van der Waals surface area contributed by atoms with Crippen LogP contribution in [0, 0.1) is 5.82 Å². The van der Waals surface area contributed by atoms with Crippen molar-refractivity contribution in [2.24, 2.45) is 0 Å². The maximum atomic E-state index is 12.8. The van der Waals surface area contributed by atoms with Gasteiger partial charge in [-0.05, 0) is 36.5 Å². The SMILES string of the molecule is CCC(CC)c1ccc(F)c(Cl)c1. The normalized spacial score (nSPS) is 10.8. The molecule has 72 valence electrons. The van der Waals surface area contributed by atoms with Gasteiger partial charge in [0.2, 0.25) is 0 Å². The zero-order chi connectivity index (χ0) is 9.84. The first-order valence-electron chi connectivity index (χ1n) is 4.64. The summed E-state index contributed by atoms with van der Waals surface area (Å²) in [4.78, 5) is 0. The summed E-state index contributed by atoms with van der Waals surface area (Å²) in [7, 11) is 0. The van der Waals surface area contributed by atoms with Crippen LogP contribution in [0.2, 0.25) is 5.02 Å². The fourth-order valence-corrected chi connectivity index (χ4v) is 1.72. The molecule has 2 heteroatoms. The van der Waals surface area contributed by atoms with Crippen molar-refractivity contribution >= 4 is 11.6 Å². The Bertz CT molecular complexity index is 279. The lowest BCUT2D eigenvalue weighted by Gasteiger charge is -2.12. The van der Waals surface area contributed by atoms with Gasteiger partial charge in [-0.3, -0.25) is 0 Å². The van der Waals surface area contributed by atoms with Crippen LogP contribution in [-0.2, 0) is 0 Å². The number of rotatable bonds is 3. The van der Waals surface area contributed by atoms with Crippen LogP contribution in [0.1, 0.15) is 38.2 Å². The largest absolute Gasteiger partial charge is 0.205 e. The van der Waals surface area contributed by atoms with Gasteiger partial charge in [0.15, 0.2) is 0 Å². The molecule has 0 heterocycles. The monoisotopic (exact) mass is 200 g/mol. The highest BCUT2D eigenvalue weighted by Crippen LogP contribution is 2.26. The molecule has 1 rings (SSSR count). The fraction of sp³-hybridized carbons (Fsp3) is 0.455. The summed E-state index contributed by atoms with van der Waals surface area (Å²) in [5.41, 5.74) is 1.14. The van der Waals surface area contributed by atoms with Gasteiger partial charge in [0.05, 0.1) is 5.02 Å². The van der Waals surface area contributed by atoms with Gasteiger partial charge in [0, 0.05) is 0 Å². The van der Waals surface area contributed by atoms with Gasteiger partial charge in [0.1, 0.15) is 5.82 Å². The topological polar surface area (TPSA) is 0 Å². The number of hydrogen-bond donors (Lipinski definition) is 0. The summed E-state index contributed by atoms with van der Waals surface area (Å²) < 4.78 is 12.8. The molecular weight excluding hydrogens is 187 g/mol. The van der Waals surface area contributed by atoms with E-state index in [1.807, 2.05) is 6.07 Å². The summed E-state index contributed by atoms with van der Waals surface area (Å²) in [5, 5.41) is 0.226. The quantitative estimate of drug-likeness (QED) is 0.679. The molecule has 1 aromatic rings. The highest BCUT2D eigenvalue weighted by Gasteiger charge is 2.08. The average Bonchev–Trinajstić information content (AvgIpc) is 2.13. The van der Waals surface area contributed by atoms with Crippen LogP contribution < -0.4 is 0 Å². The first-order chi connectivity index (χ1) is 6.19. The minimum Gasteiger partial charge on any atom is -0.205 e. The Hall–Kier alpha value is -0.560. The minimum absolute atomic E-state index is 0.226. The zero-order valence-corrected chi connectivity index (χ0v) is 8.74. The maximum absolute atomic E-state index is 12.8. The first-order valence-corrected chi connectivity index (χ1v) is 5.01. The Labute approximate surface area is 83.7 Å². The summed E-state index contributed by atoms with van der Waals surface area (Å²) in [5.74, 6) is 0.162. The second-order valence-corrected chi connectivity index (χ2v) is 3.59. The molecule has 0 aliphatic rings. The molecule has 0 N–H and O–H groups in total. The third kappa shape index (κ3) is 2.44. The van der Waals surface area contributed by atoms with E-state index in [0.717, 1.165) is 18.4 Å². The number of benzene rings is 1. The zero-order valence-electron chi connectivity index (χ0n) is 7.98. The second-order valence-electron chi connectivity index (χ2n) is 3.19. The van der Waals surface area contributed by atoms with E-state index in [1.54, 1.807) is 6.07 Å². The minimum atomic E-state index is -0.337. The lowest BCUT2D eigenvalue weighted by Crippen LogP contribution is -1.95. The lowest BCUT2D eigenvalue weighted by atomic mass is 9.94. The van der Waals surface area contributed by atoms with Gasteiger partial charge in [-0.1, -0.05) is 31.5 Å². The summed E-state index contributed by atoms with van der Waals surface area (Å²) in [6, 6.07) is 4.99. The molecule has 0 aliphatic heterocycles. The average molecular weight is 201 g/mol. The molecule has 0 unspecified atom stereocenters. The maximum Gasteiger partial charge on any atom is 0.141 e. The highest BCUT2D eigenvalue weighted by molar-refractivity contribution is 6.30. The molecule has 0 radical (unpaired) electrons. The molecule has 0 atom stereocenters. The van der Waals surface area contributed by atoms with E-state index < -0.39 is 0 Å². The van der Waals surface area contributed by atoms with Crippen molar-refractivity contribution in [3.8, 4) is 0 Å². The Morgan fingerprint density at radius 3 is 2.38 bits per heavy atom. The molecule has 0 saturated heterocycles. The third-order valence-electron chi connectivity index (χ3n) is 2.40. The molecule has 0 saturated carbocycles. The van der Waals surface area contributed by atoms with Crippen molar-refractivity contribution in [2.75, 3.05) is 0 Å². The van der Waals surface area contributed by atoms with Crippen molar-refractivity contribution in [3.05, 3.63) is 34.6 Å². The van der Waals surface area contributed by atoms with E-state index in [-0.39, 0.29) is 10.8 Å². The Morgan fingerprint density at radius 1 is 1.31 bits per heavy atom. The molecule has 0 amide bonds. The molecule has 1 aromatic carbocycles. The van der Waals surface area contributed by atoms with E-state index in [9.17, 15) is 4.39 Å². The van der Waals surface area contributed by atoms with Crippen LogP contribution >= 0.6 is 11.6 Å². The predicted molar refractivity (Wildman–Crippen MR) is 54.7 cm³/mol. The molecule has 13 heavy (non-hydrogen) atoms. The van der Waals surface area contributed by atoms with Crippen LogP contribution in [0.5, 0.6) is 0 Å². The van der Waals surface area contributed by atoms with Crippen LogP contribution in [0.4, 0.5) is 4.39 Å². The summed E-state index contributed by atoms with van der Waals surface area (Å²) in [6.45, 7) is 4.26. The molecule has 0 spiro atoms. The summed E-state index contributed by atoms with van der Waals surface area (Å²) >= 11 is 5.70. The van der Waals surface area contributed by atoms with Gasteiger partial charge in [-0.25, -0.2) is 4.39 Å². The Balaban J connectivity index is 2.95. The summed E-state index contributed by atoms with van der Waals surface area (Å²) in [6.07, 6.45) is 2.14. The Kier molecular flexibility index (Phi) is 3.73. The van der Waals surface area contributed by atoms with Gasteiger partial charge >= 0.3 is 0 Å². The van der Waals surface area contributed by atoms with E-state index in [4.69, 9.17) is 11.6 Å². The number of hydrogen-bond acceptors (Lipinski definition) is 0. The molecule has 0 nitrogen and oxygen atoms in total. The van der Waals surface area contributed by atoms with E-state index >= 15 is 0 Å². The van der Waals surface area contributed by atoms with Crippen LogP contribution in [0.25, 0.3) is 0 Å². The van der Waals surface area contributed by atoms with Crippen molar-refractivity contribution in [1.82, 2.24) is 0 Å². The van der Waals surface area contributed by atoms with E-state index in [0.29, 0.717) is 5.92 Å². The molecule has 0 bridgehead atoms.